The quantitative estimate of drug-likeness (QED) is 0.753. The molecule has 0 bridgehead atoms. The number of halogens is 2. The number of rotatable bonds is 2. The Morgan fingerprint density at radius 1 is 1.23 bits per heavy atom. The average Bonchev–Trinajstić information content (AvgIpc) is 2.78. The predicted octanol–water partition coefficient (Wildman–Crippen LogP) is 4.44. The molecule has 0 radical (unpaired) electrons. The summed E-state index contributed by atoms with van der Waals surface area (Å²) in [6.07, 6.45) is 0. The summed E-state index contributed by atoms with van der Waals surface area (Å²) >= 11 is 12.0. The maximum atomic E-state index is 12.4. The SMILES string of the molecule is Cc1nc2cc(C(=O)Nc3cccc(Cl)c3Cl)ccc2n1C. The van der Waals surface area contributed by atoms with Crippen molar-refractivity contribution in [1.29, 1.82) is 0 Å². The third-order valence-electron chi connectivity index (χ3n) is 3.57. The van der Waals surface area contributed by atoms with Crippen LogP contribution in [0.3, 0.4) is 0 Å². The zero-order valence-electron chi connectivity index (χ0n) is 12.0. The largest absolute Gasteiger partial charge is 0.331 e. The van der Waals surface area contributed by atoms with Gasteiger partial charge in [0.25, 0.3) is 5.91 Å². The van der Waals surface area contributed by atoms with Crippen molar-refractivity contribution in [3.63, 3.8) is 0 Å². The minimum Gasteiger partial charge on any atom is -0.331 e. The van der Waals surface area contributed by atoms with Gasteiger partial charge < -0.3 is 9.88 Å². The van der Waals surface area contributed by atoms with Crippen LogP contribution in [0.4, 0.5) is 5.69 Å². The van der Waals surface area contributed by atoms with E-state index in [2.05, 4.69) is 10.3 Å². The first kappa shape index (κ1) is 14.9. The third-order valence-corrected chi connectivity index (χ3v) is 4.39. The number of amides is 1. The zero-order chi connectivity index (χ0) is 15.9. The summed E-state index contributed by atoms with van der Waals surface area (Å²) in [6, 6.07) is 10.5. The van der Waals surface area contributed by atoms with Gasteiger partial charge in [0.2, 0.25) is 0 Å². The van der Waals surface area contributed by atoms with Crippen LogP contribution >= 0.6 is 23.2 Å². The summed E-state index contributed by atoms with van der Waals surface area (Å²) < 4.78 is 1.98. The van der Waals surface area contributed by atoms with Crippen LogP contribution in [0.25, 0.3) is 11.0 Å². The lowest BCUT2D eigenvalue weighted by atomic mass is 10.2. The second-order valence-corrected chi connectivity index (χ2v) is 5.76. The van der Waals surface area contributed by atoms with Crippen molar-refractivity contribution in [3.05, 3.63) is 57.8 Å². The highest BCUT2D eigenvalue weighted by atomic mass is 35.5. The second-order valence-electron chi connectivity index (χ2n) is 4.98. The molecular weight excluding hydrogens is 321 g/mol. The Balaban J connectivity index is 1.93. The molecule has 0 unspecified atom stereocenters. The Kier molecular flexibility index (Phi) is 3.81. The molecule has 1 aromatic heterocycles. The average molecular weight is 334 g/mol. The highest BCUT2D eigenvalue weighted by Gasteiger charge is 2.12. The predicted molar refractivity (Wildman–Crippen MR) is 89.9 cm³/mol. The van der Waals surface area contributed by atoms with Gasteiger partial charge in [0.1, 0.15) is 5.82 Å². The van der Waals surface area contributed by atoms with E-state index < -0.39 is 0 Å². The Labute approximate surface area is 137 Å². The van der Waals surface area contributed by atoms with Crippen LogP contribution in [-0.2, 0) is 7.05 Å². The number of fused-ring (bicyclic) bond motifs is 1. The number of nitrogens with one attached hydrogen (secondary N) is 1. The molecule has 1 amide bonds. The van der Waals surface area contributed by atoms with E-state index in [0.717, 1.165) is 16.9 Å². The number of benzene rings is 2. The number of carbonyl (C=O) groups is 1. The van der Waals surface area contributed by atoms with Crippen molar-refractivity contribution in [2.24, 2.45) is 7.05 Å². The number of aryl methyl sites for hydroxylation is 2. The normalized spacial score (nSPS) is 10.9. The molecule has 0 atom stereocenters. The topological polar surface area (TPSA) is 46.9 Å². The van der Waals surface area contributed by atoms with Crippen molar-refractivity contribution in [2.75, 3.05) is 5.32 Å². The molecule has 0 fully saturated rings. The van der Waals surface area contributed by atoms with E-state index in [4.69, 9.17) is 23.2 Å². The van der Waals surface area contributed by atoms with Gasteiger partial charge in [-0.15, -0.1) is 0 Å². The van der Waals surface area contributed by atoms with Gasteiger partial charge in [-0.1, -0.05) is 29.3 Å². The standard InChI is InChI=1S/C16H13Cl2N3O/c1-9-19-13-8-10(6-7-14(13)21(9)2)16(22)20-12-5-3-4-11(17)15(12)18/h3-8H,1-2H3,(H,20,22). The van der Waals surface area contributed by atoms with Crippen molar-refractivity contribution in [3.8, 4) is 0 Å². The molecule has 0 saturated carbocycles. The molecule has 3 rings (SSSR count). The lowest BCUT2D eigenvalue weighted by Crippen LogP contribution is -2.12. The van der Waals surface area contributed by atoms with Gasteiger partial charge in [0.15, 0.2) is 0 Å². The molecule has 1 N–H and O–H groups in total. The number of hydrogen-bond acceptors (Lipinski definition) is 2. The van der Waals surface area contributed by atoms with Gasteiger partial charge in [-0.05, 0) is 37.3 Å². The van der Waals surface area contributed by atoms with Crippen LogP contribution in [0.15, 0.2) is 36.4 Å². The maximum absolute atomic E-state index is 12.4. The van der Waals surface area contributed by atoms with E-state index in [-0.39, 0.29) is 5.91 Å². The van der Waals surface area contributed by atoms with Gasteiger partial charge >= 0.3 is 0 Å². The molecular formula is C16H13Cl2N3O. The lowest BCUT2D eigenvalue weighted by molar-refractivity contribution is 0.102. The second kappa shape index (κ2) is 5.63. The Bertz CT molecular complexity index is 886. The Morgan fingerprint density at radius 2 is 2.00 bits per heavy atom. The zero-order valence-corrected chi connectivity index (χ0v) is 13.5. The minimum atomic E-state index is -0.255. The summed E-state index contributed by atoms with van der Waals surface area (Å²) in [4.78, 5) is 16.8. The van der Waals surface area contributed by atoms with Crippen LogP contribution in [0.5, 0.6) is 0 Å². The van der Waals surface area contributed by atoms with Gasteiger partial charge in [0, 0.05) is 12.6 Å². The highest BCUT2D eigenvalue weighted by Crippen LogP contribution is 2.30. The number of nitrogens with zero attached hydrogens (tertiary/aromatic N) is 2. The van der Waals surface area contributed by atoms with Crippen LogP contribution in [0.1, 0.15) is 16.2 Å². The number of carbonyl (C=O) groups excluding carboxylic acids is 1. The Morgan fingerprint density at radius 3 is 2.77 bits per heavy atom. The first-order chi connectivity index (χ1) is 10.5. The van der Waals surface area contributed by atoms with E-state index in [0.29, 0.717) is 21.3 Å². The number of hydrogen-bond donors (Lipinski definition) is 1. The van der Waals surface area contributed by atoms with Crippen molar-refractivity contribution in [1.82, 2.24) is 9.55 Å². The first-order valence-electron chi connectivity index (χ1n) is 6.66. The first-order valence-corrected chi connectivity index (χ1v) is 7.41. The van der Waals surface area contributed by atoms with E-state index >= 15 is 0 Å². The van der Waals surface area contributed by atoms with Crippen LogP contribution in [-0.4, -0.2) is 15.5 Å². The molecule has 3 aromatic rings. The molecule has 112 valence electrons. The molecule has 4 nitrogen and oxygen atoms in total. The fraction of sp³-hybridized carbons (Fsp3) is 0.125. The van der Waals surface area contributed by atoms with Gasteiger partial charge in [-0.3, -0.25) is 4.79 Å². The van der Waals surface area contributed by atoms with E-state index in [1.165, 1.54) is 0 Å². The minimum absolute atomic E-state index is 0.255. The highest BCUT2D eigenvalue weighted by molar-refractivity contribution is 6.44. The molecule has 0 aliphatic carbocycles. The number of aromatic nitrogens is 2. The van der Waals surface area contributed by atoms with E-state index in [1.807, 2.05) is 24.6 Å². The summed E-state index contributed by atoms with van der Waals surface area (Å²) in [5.74, 6) is 0.639. The fourth-order valence-corrected chi connectivity index (χ4v) is 2.60. The van der Waals surface area contributed by atoms with Gasteiger partial charge in [-0.25, -0.2) is 4.98 Å². The monoisotopic (exact) mass is 333 g/mol. The molecule has 22 heavy (non-hydrogen) atoms. The number of imidazole rings is 1. The molecule has 2 aromatic carbocycles. The fourth-order valence-electron chi connectivity index (χ4n) is 2.26. The Hall–Kier alpha value is -2.04. The molecule has 6 heteroatoms. The van der Waals surface area contributed by atoms with Gasteiger partial charge in [-0.2, -0.15) is 0 Å². The van der Waals surface area contributed by atoms with Crippen LogP contribution in [0.2, 0.25) is 10.0 Å². The molecule has 0 aliphatic heterocycles. The molecule has 0 aliphatic rings. The van der Waals surface area contributed by atoms with Crippen molar-refractivity contribution < 1.29 is 4.79 Å². The summed E-state index contributed by atoms with van der Waals surface area (Å²) in [7, 11) is 1.94. The van der Waals surface area contributed by atoms with Crippen molar-refractivity contribution in [2.45, 2.75) is 6.92 Å². The summed E-state index contributed by atoms with van der Waals surface area (Å²) in [5.41, 5.74) is 2.76. The third kappa shape index (κ3) is 2.56. The smallest absolute Gasteiger partial charge is 0.255 e. The molecule has 1 heterocycles. The lowest BCUT2D eigenvalue weighted by Gasteiger charge is -2.08. The summed E-state index contributed by atoms with van der Waals surface area (Å²) in [6.45, 7) is 1.92. The van der Waals surface area contributed by atoms with Crippen LogP contribution in [0, 0.1) is 6.92 Å². The van der Waals surface area contributed by atoms with E-state index in [1.54, 1.807) is 30.3 Å². The molecule has 0 saturated heterocycles. The van der Waals surface area contributed by atoms with E-state index in [9.17, 15) is 4.79 Å². The maximum Gasteiger partial charge on any atom is 0.255 e. The summed E-state index contributed by atoms with van der Waals surface area (Å²) in [5, 5.41) is 3.49. The molecule has 0 spiro atoms. The van der Waals surface area contributed by atoms with Crippen LogP contribution < -0.4 is 5.32 Å². The van der Waals surface area contributed by atoms with Crippen molar-refractivity contribution >= 4 is 45.8 Å². The van der Waals surface area contributed by atoms with Gasteiger partial charge in [0.05, 0.1) is 26.8 Å². The number of anilines is 1.